The summed E-state index contributed by atoms with van der Waals surface area (Å²) in [7, 11) is 0. The smallest absolute Gasteiger partial charge is 0.412 e. The molecule has 2 atom stereocenters. The highest BCUT2D eigenvalue weighted by Crippen LogP contribution is 2.32. The van der Waals surface area contributed by atoms with E-state index >= 15 is 0 Å². The van der Waals surface area contributed by atoms with Gasteiger partial charge in [0.15, 0.2) is 11.6 Å². The third-order valence-electron chi connectivity index (χ3n) is 4.66. The maximum absolute atomic E-state index is 13.8. The molecule has 5 nitrogen and oxygen atoms in total. The van der Waals surface area contributed by atoms with Crippen molar-refractivity contribution in [3.05, 3.63) is 72.0 Å². The molecule has 0 saturated carbocycles. The summed E-state index contributed by atoms with van der Waals surface area (Å²) in [6, 6.07) is 17.0. The predicted octanol–water partition coefficient (Wildman–Crippen LogP) is 4.99. The van der Waals surface area contributed by atoms with Crippen LogP contribution in [-0.2, 0) is 4.74 Å². The Kier molecular flexibility index (Phi) is 6.11. The van der Waals surface area contributed by atoms with Gasteiger partial charge in [-0.3, -0.25) is 5.32 Å². The molecule has 6 heteroatoms. The first kappa shape index (κ1) is 19.6. The van der Waals surface area contributed by atoms with Crippen molar-refractivity contribution in [2.24, 2.45) is 5.92 Å². The number of nitrogens with one attached hydrogen (secondary N) is 1. The van der Waals surface area contributed by atoms with Crippen LogP contribution in [-0.4, -0.2) is 22.9 Å². The summed E-state index contributed by atoms with van der Waals surface area (Å²) >= 11 is 0. The molecule has 28 heavy (non-hydrogen) atoms. The monoisotopic (exact) mass is 383 g/mol. The molecular formula is C22H22FNO4. The molecule has 0 bridgehead atoms. The third-order valence-corrected chi connectivity index (χ3v) is 4.66. The van der Waals surface area contributed by atoms with Gasteiger partial charge in [-0.1, -0.05) is 49.4 Å². The molecule has 3 aromatic rings. The molecule has 0 unspecified atom stereocenters. The number of phenols is 1. The van der Waals surface area contributed by atoms with Gasteiger partial charge in [0.1, 0.15) is 6.10 Å². The molecule has 1 amide bonds. The van der Waals surface area contributed by atoms with Crippen LogP contribution in [0.15, 0.2) is 60.7 Å². The van der Waals surface area contributed by atoms with Gasteiger partial charge in [0.05, 0.1) is 5.69 Å². The number of carbonyl (C=O) groups excluding carboxylic acids is 1. The molecule has 3 rings (SSSR count). The highest BCUT2D eigenvalue weighted by atomic mass is 19.1. The van der Waals surface area contributed by atoms with E-state index in [1.54, 1.807) is 13.0 Å². The number of anilines is 1. The van der Waals surface area contributed by atoms with E-state index in [0.717, 1.165) is 16.8 Å². The molecule has 0 saturated heterocycles. The number of amides is 1. The number of aromatic hydroxyl groups is 1. The van der Waals surface area contributed by atoms with Crippen molar-refractivity contribution in [1.29, 1.82) is 0 Å². The van der Waals surface area contributed by atoms with Gasteiger partial charge in [0.25, 0.3) is 0 Å². The Morgan fingerprint density at radius 2 is 1.89 bits per heavy atom. The molecule has 0 radical (unpaired) electrons. The number of hydrogen-bond donors (Lipinski definition) is 3. The number of halogens is 1. The molecule has 0 fully saturated rings. The van der Waals surface area contributed by atoms with Gasteiger partial charge in [-0.2, -0.15) is 0 Å². The topological polar surface area (TPSA) is 78.8 Å². The van der Waals surface area contributed by atoms with Crippen molar-refractivity contribution in [3.63, 3.8) is 0 Å². The Balaban J connectivity index is 1.83. The Morgan fingerprint density at radius 1 is 1.14 bits per heavy atom. The minimum atomic E-state index is -0.795. The molecular weight excluding hydrogens is 361 g/mol. The minimum Gasteiger partial charge on any atom is -0.505 e. The average molecular weight is 383 g/mol. The second-order valence-electron chi connectivity index (χ2n) is 6.68. The fraction of sp³-hybridized carbons (Fsp3) is 0.227. The van der Waals surface area contributed by atoms with Gasteiger partial charge in [-0.15, -0.1) is 0 Å². The van der Waals surface area contributed by atoms with E-state index in [-0.39, 0.29) is 12.5 Å². The standard InChI is InChI=1S/C22H22FNO4/c1-14(11-12-25)21(16-9-10-20(26)18(23)13-16)28-22(27)24-19-8-4-6-15-5-2-3-7-17(15)19/h2-10,13-14,21,25-26H,11-12H2,1H3,(H,24,27)/t14-,21-/m0/s1. The Bertz CT molecular complexity index is 970. The molecule has 146 valence electrons. The number of ether oxygens (including phenoxy) is 1. The van der Waals surface area contributed by atoms with E-state index in [9.17, 15) is 19.4 Å². The highest BCUT2D eigenvalue weighted by molar-refractivity contribution is 6.00. The largest absolute Gasteiger partial charge is 0.505 e. The summed E-state index contributed by atoms with van der Waals surface area (Å²) in [6.45, 7) is 1.71. The summed E-state index contributed by atoms with van der Waals surface area (Å²) in [5, 5.41) is 23.3. The second kappa shape index (κ2) is 8.71. The van der Waals surface area contributed by atoms with Gasteiger partial charge in [-0.05, 0) is 41.5 Å². The second-order valence-corrected chi connectivity index (χ2v) is 6.68. The van der Waals surface area contributed by atoms with Crippen LogP contribution in [0.5, 0.6) is 5.75 Å². The number of hydrogen-bond acceptors (Lipinski definition) is 4. The van der Waals surface area contributed by atoms with Gasteiger partial charge in [0, 0.05) is 12.0 Å². The molecule has 3 N–H and O–H groups in total. The van der Waals surface area contributed by atoms with Crippen LogP contribution in [0.3, 0.4) is 0 Å². The summed E-state index contributed by atoms with van der Waals surface area (Å²) < 4.78 is 19.4. The van der Waals surface area contributed by atoms with E-state index < -0.39 is 23.8 Å². The van der Waals surface area contributed by atoms with Crippen LogP contribution in [0.1, 0.15) is 25.0 Å². The number of fused-ring (bicyclic) bond motifs is 1. The fourth-order valence-corrected chi connectivity index (χ4v) is 3.16. The Morgan fingerprint density at radius 3 is 2.64 bits per heavy atom. The zero-order valence-electron chi connectivity index (χ0n) is 15.4. The average Bonchev–Trinajstić information content (AvgIpc) is 2.69. The van der Waals surface area contributed by atoms with E-state index in [2.05, 4.69) is 5.32 Å². The van der Waals surface area contributed by atoms with Crippen LogP contribution < -0.4 is 5.32 Å². The third kappa shape index (κ3) is 4.40. The lowest BCUT2D eigenvalue weighted by atomic mass is 9.94. The minimum absolute atomic E-state index is 0.0907. The van der Waals surface area contributed by atoms with Crippen LogP contribution in [0.4, 0.5) is 14.9 Å². The molecule has 3 aromatic carbocycles. The number of carbonyl (C=O) groups is 1. The number of phenolic OH excluding ortho intramolecular Hbond substituents is 1. The van der Waals surface area contributed by atoms with Crippen LogP contribution in [0.2, 0.25) is 0 Å². The number of aliphatic hydroxyl groups is 1. The quantitative estimate of drug-likeness (QED) is 0.560. The Hall–Kier alpha value is -3.12. The van der Waals surface area contributed by atoms with Crippen molar-refractivity contribution < 1.29 is 24.1 Å². The Labute approximate surface area is 162 Å². The zero-order chi connectivity index (χ0) is 20.1. The van der Waals surface area contributed by atoms with E-state index in [4.69, 9.17) is 4.74 Å². The van der Waals surface area contributed by atoms with Crippen molar-refractivity contribution in [2.45, 2.75) is 19.4 Å². The first-order chi connectivity index (χ1) is 13.5. The van der Waals surface area contributed by atoms with Gasteiger partial charge in [-0.25, -0.2) is 9.18 Å². The van der Waals surface area contributed by atoms with Gasteiger partial charge in [0.2, 0.25) is 0 Å². The molecule has 0 aliphatic heterocycles. The maximum Gasteiger partial charge on any atom is 0.412 e. The van der Waals surface area contributed by atoms with Crippen molar-refractivity contribution >= 4 is 22.6 Å². The summed E-state index contributed by atoms with van der Waals surface area (Å²) in [4.78, 5) is 12.6. The van der Waals surface area contributed by atoms with E-state index in [1.807, 2.05) is 36.4 Å². The van der Waals surface area contributed by atoms with E-state index in [0.29, 0.717) is 17.7 Å². The molecule has 0 aliphatic carbocycles. The van der Waals surface area contributed by atoms with Crippen LogP contribution in [0.25, 0.3) is 10.8 Å². The fourth-order valence-electron chi connectivity index (χ4n) is 3.16. The molecule has 0 heterocycles. The number of rotatable bonds is 6. The lowest BCUT2D eigenvalue weighted by molar-refractivity contribution is 0.0665. The predicted molar refractivity (Wildman–Crippen MR) is 106 cm³/mol. The van der Waals surface area contributed by atoms with Gasteiger partial charge >= 0.3 is 6.09 Å². The lowest BCUT2D eigenvalue weighted by Crippen LogP contribution is -2.22. The summed E-state index contributed by atoms with van der Waals surface area (Å²) in [6.07, 6.45) is -1.09. The molecule has 0 spiro atoms. The highest BCUT2D eigenvalue weighted by Gasteiger charge is 2.25. The zero-order valence-corrected chi connectivity index (χ0v) is 15.4. The van der Waals surface area contributed by atoms with Crippen molar-refractivity contribution in [1.82, 2.24) is 0 Å². The first-order valence-electron chi connectivity index (χ1n) is 9.04. The summed E-state index contributed by atoms with van der Waals surface area (Å²) in [5.74, 6) is -1.53. The lowest BCUT2D eigenvalue weighted by Gasteiger charge is -2.24. The van der Waals surface area contributed by atoms with E-state index in [1.165, 1.54) is 12.1 Å². The van der Waals surface area contributed by atoms with Crippen molar-refractivity contribution in [2.75, 3.05) is 11.9 Å². The number of aliphatic hydroxyl groups excluding tert-OH is 1. The van der Waals surface area contributed by atoms with Gasteiger partial charge < -0.3 is 14.9 Å². The van der Waals surface area contributed by atoms with Crippen molar-refractivity contribution in [3.8, 4) is 5.75 Å². The molecule has 0 aromatic heterocycles. The SMILES string of the molecule is C[C@@H](CCO)[C@H](OC(=O)Nc1cccc2ccccc12)c1ccc(O)c(F)c1. The molecule has 0 aliphatic rings. The van der Waals surface area contributed by atoms with Crippen LogP contribution in [0, 0.1) is 11.7 Å². The summed E-state index contributed by atoms with van der Waals surface area (Å²) in [5.41, 5.74) is 1.01. The number of benzene rings is 3. The van der Waals surface area contributed by atoms with Crippen LogP contribution >= 0.6 is 0 Å². The normalized spacial score (nSPS) is 13.1. The first-order valence-corrected chi connectivity index (χ1v) is 9.04. The maximum atomic E-state index is 13.8.